The highest BCUT2D eigenvalue weighted by Gasteiger charge is 2.17. The first-order valence-corrected chi connectivity index (χ1v) is 20.1. The summed E-state index contributed by atoms with van der Waals surface area (Å²) >= 11 is 1.85. The second kappa shape index (κ2) is 13.8. The third kappa shape index (κ3) is 6.06. The molecule has 0 amide bonds. The minimum Gasteiger partial charge on any atom is -0.228 e. The number of benzene rings is 9. The van der Waals surface area contributed by atoms with Gasteiger partial charge in [-0.2, -0.15) is 0 Å². The summed E-state index contributed by atoms with van der Waals surface area (Å²) < 4.78 is 2.60. The monoisotopic (exact) mass is 742 g/mol. The molecule has 0 spiro atoms. The Labute approximate surface area is 335 Å². The van der Waals surface area contributed by atoms with Gasteiger partial charge in [0, 0.05) is 36.9 Å². The van der Waals surface area contributed by atoms with Gasteiger partial charge in [0.15, 0.2) is 5.82 Å². The van der Waals surface area contributed by atoms with Crippen LogP contribution in [0.1, 0.15) is 0 Å². The van der Waals surface area contributed by atoms with E-state index in [-0.39, 0.29) is 0 Å². The standard InChI is InChI=1S/C54H34N2S/c1-3-13-35(14-4-1)36-23-25-37(26-24-36)41-29-42(39-27-28-53-49(32-39)47-21-11-12-22-52(47)57-53)31-43(30-41)50-34-51(56-54(55-50)38-15-5-2-6-16-38)48-33-40-17-7-8-18-44(40)45-19-9-10-20-46(45)48/h1-34H. The Morgan fingerprint density at radius 3 is 1.58 bits per heavy atom. The van der Waals surface area contributed by atoms with Crippen molar-refractivity contribution in [3.05, 3.63) is 206 Å². The number of rotatable bonds is 6. The highest BCUT2D eigenvalue weighted by atomic mass is 32.1. The largest absolute Gasteiger partial charge is 0.228 e. The zero-order chi connectivity index (χ0) is 37.7. The predicted octanol–water partition coefficient (Wildman–Crippen LogP) is 15.2. The van der Waals surface area contributed by atoms with Gasteiger partial charge in [0.05, 0.1) is 11.4 Å². The molecule has 2 heterocycles. The number of aromatic nitrogens is 2. The van der Waals surface area contributed by atoms with Gasteiger partial charge in [0.25, 0.3) is 0 Å². The third-order valence-electron chi connectivity index (χ3n) is 11.1. The van der Waals surface area contributed by atoms with Crippen molar-refractivity contribution in [2.24, 2.45) is 0 Å². The van der Waals surface area contributed by atoms with E-state index in [0.717, 1.165) is 44.8 Å². The van der Waals surface area contributed by atoms with Crippen molar-refractivity contribution >= 4 is 53.1 Å². The molecule has 0 fully saturated rings. The van der Waals surface area contributed by atoms with Gasteiger partial charge in [-0.05, 0) is 103 Å². The number of hydrogen-bond donors (Lipinski definition) is 0. The molecule has 11 rings (SSSR count). The van der Waals surface area contributed by atoms with Gasteiger partial charge >= 0.3 is 0 Å². The second-order valence-corrected chi connectivity index (χ2v) is 15.7. The Hall–Kier alpha value is -7.20. The Morgan fingerprint density at radius 1 is 0.281 bits per heavy atom. The van der Waals surface area contributed by atoms with Gasteiger partial charge in [-0.1, -0.05) is 158 Å². The maximum absolute atomic E-state index is 5.34. The smallest absolute Gasteiger partial charge is 0.160 e. The molecule has 0 N–H and O–H groups in total. The van der Waals surface area contributed by atoms with Crippen molar-refractivity contribution < 1.29 is 0 Å². The molecular weight excluding hydrogens is 709 g/mol. The molecule has 0 atom stereocenters. The van der Waals surface area contributed by atoms with Gasteiger partial charge in [0.2, 0.25) is 0 Å². The average Bonchev–Trinajstić information content (AvgIpc) is 3.67. The molecule has 11 aromatic rings. The van der Waals surface area contributed by atoms with Crippen LogP contribution in [0.15, 0.2) is 206 Å². The molecule has 0 radical (unpaired) electrons. The van der Waals surface area contributed by atoms with Crippen molar-refractivity contribution in [2.45, 2.75) is 0 Å². The molecule has 0 aliphatic heterocycles. The maximum atomic E-state index is 5.34. The van der Waals surface area contributed by atoms with Crippen LogP contribution in [0.5, 0.6) is 0 Å². The predicted molar refractivity (Wildman–Crippen MR) is 243 cm³/mol. The lowest BCUT2D eigenvalue weighted by atomic mass is 9.92. The highest BCUT2D eigenvalue weighted by molar-refractivity contribution is 7.25. The lowest BCUT2D eigenvalue weighted by Gasteiger charge is -2.15. The topological polar surface area (TPSA) is 25.8 Å². The van der Waals surface area contributed by atoms with Crippen LogP contribution < -0.4 is 0 Å². The fourth-order valence-corrected chi connectivity index (χ4v) is 9.30. The van der Waals surface area contributed by atoms with E-state index in [2.05, 4.69) is 200 Å². The third-order valence-corrected chi connectivity index (χ3v) is 12.2. The fourth-order valence-electron chi connectivity index (χ4n) is 8.22. The Kier molecular flexibility index (Phi) is 8.04. The van der Waals surface area contributed by atoms with Crippen LogP contribution in [0, 0.1) is 0 Å². The quantitative estimate of drug-likeness (QED) is 0.159. The Morgan fingerprint density at radius 2 is 0.807 bits per heavy atom. The molecule has 266 valence electrons. The van der Waals surface area contributed by atoms with Crippen LogP contribution in [-0.4, -0.2) is 9.97 Å². The molecule has 0 aliphatic rings. The Balaban J connectivity index is 1.14. The average molecular weight is 743 g/mol. The zero-order valence-electron chi connectivity index (χ0n) is 30.9. The molecule has 0 bridgehead atoms. The SMILES string of the molecule is c1ccc(-c2ccc(-c3cc(-c4ccc5sc6ccccc6c5c4)cc(-c4cc(-c5cc6ccccc6c6ccccc56)nc(-c5ccccc5)n4)c3)cc2)cc1. The van der Waals surface area contributed by atoms with Crippen molar-refractivity contribution in [3.63, 3.8) is 0 Å². The highest BCUT2D eigenvalue weighted by Crippen LogP contribution is 2.41. The maximum Gasteiger partial charge on any atom is 0.160 e. The van der Waals surface area contributed by atoms with E-state index >= 15 is 0 Å². The first kappa shape index (κ1) is 33.2. The van der Waals surface area contributed by atoms with E-state index in [9.17, 15) is 0 Å². The van der Waals surface area contributed by atoms with Crippen LogP contribution in [0.2, 0.25) is 0 Å². The number of fused-ring (bicyclic) bond motifs is 6. The Bertz CT molecular complexity index is 3270. The summed E-state index contributed by atoms with van der Waals surface area (Å²) in [6.45, 7) is 0. The summed E-state index contributed by atoms with van der Waals surface area (Å²) in [5.74, 6) is 0.700. The number of hydrogen-bond acceptors (Lipinski definition) is 3. The second-order valence-electron chi connectivity index (χ2n) is 14.6. The van der Waals surface area contributed by atoms with Gasteiger partial charge < -0.3 is 0 Å². The molecular formula is C54H34N2S. The van der Waals surface area contributed by atoms with E-state index in [1.807, 2.05) is 17.4 Å². The fraction of sp³-hybridized carbons (Fsp3) is 0. The molecule has 2 aromatic heterocycles. The van der Waals surface area contributed by atoms with E-state index in [4.69, 9.17) is 9.97 Å². The van der Waals surface area contributed by atoms with Crippen LogP contribution in [0.25, 0.3) is 109 Å². The molecule has 9 aromatic carbocycles. The lowest BCUT2D eigenvalue weighted by Crippen LogP contribution is -1.97. The molecule has 2 nitrogen and oxygen atoms in total. The molecule has 57 heavy (non-hydrogen) atoms. The van der Waals surface area contributed by atoms with Crippen molar-refractivity contribution in [1.82, 2.24) is 9.97 Å². The molecule has 0 saturated carbocycles. The van der Waals surface area contributed by atoms with Crippen LogP contribution in [-0.2, 0) is 0 Å². The van der Waals surface area contributed by atoms with E-state index in [0.29, 0.717) is 5.82 Å². The summed E-state index contributed by atoms with van der Waals surface area (Å²) in [5.41, 5.74) is 11.9. The van der Waals surface area contributed by atoms with Crippen molar-refractivity contribution in [3.8, 4) is 67.3 Å². The van der Waals surface area contributed by atoms with E-state index < -0.39 is 0 Å². The summed E-state index contributed by atoms with van der Waals surface area (Å²) in [6, 6.07) is 74.1. The molecule has 0 aliphatic carbocycles. The number of nitrogens with zero attached hydrogens (tertiary/aromatic N) is 2. The summed E-state index contributed by atoms with van der Waals surface area (Å²) in [6.07, 6.45) is 0. The van der Waals surface area contributed by atoms with Gasteiger partial charge in [0.1, 0.15) is 0 Å². The summed E-state index contributed by atoms with van der Waals surface area (Å²) in [5, 5.41) is 7.39. The van der Waals surface area contributed by atoms with E-state index in [1.54, 1.807) is 0 Å². The molecule has 0 saturated heterocycles. The number of thiophene rings is 1. The van der Waals surface area contributed by atoms with Crippen LogP contribution >= 0.6 is 11.3 Å². The van der Waals surface area contributed by atoms with Gasteiger partial charge in [-0.3, -0.25) is 0 Å². The summed E-state index contributed by atoms with van der Waals surface area (Å²) in [7, 11) is 0. The zero-order valence-corrected chi connectivity index (χ0v) is 31.7. The van der Waals surface area contributed by atoms with Crippen molar-refractivity contribution in [1.29, 1.82) is 0 Å². The van der Waals surface area contributed by atoms with Crippen molar-refractivity contribution in [2.75, 3.05) is 0 Å². The lowest BCUT2D eigenvalue weighted by molar-refractivity contribution is 1.19. The van der Waals surface area contributed by atoms with Crippen LogP contribution in [0.3, 0.4) is 0 Å². The van der Waals surface area contributed by atoms with Crippen LogP contribution in [0.4, 0.5) is 0 Å². The molecule has 3 heteroatoms. The van der Waals surface area contributed by atoms with E-state index in [1.165, 1.54) is 58.4 Å². The van der Waals surface area contributed by atoms with Gasteiger partial charge in [-0.25, -0.2) is 9.97 Å². The minimum absolute atomic E-state index is 0.700. The molecule has 0 unspecified atom stereocenters. The first-order chi connectivity index (χ1) is 28.2. The van der Waals surface area contributed by atoms with Gasteiger partial charge in [-0.15, -0.1) is 11.3 Å². The first-order valence-electron chi connectivity index (χ1n) is 19.3. The normalized spacial score (nSPS) is 11.5. The summed E-state index contributed by atoms with van der Waals surface area (Å²) in [4.78, 5) is 10.6. The minimum atomic E-state index is 0.700.